The molecule has 0 aromatic carbocycles. The Morgan fingerprint density at radius 2 is 1.36 bits per heavy atom. The third kappa shape index (κ3) is 6.09. The molecule has 2 unspecified atom stereocenters. The summed E-state index contributed by atoms with van der Waals surface area (Å²) in [6, 6.07) is 5.66. The summed E-state index contributed by atoms with van der Waals surface area (Å²) < 4.78 is 21.4. The van der Waals surface area contributed by atoms with Gasteiger partial charge in [0.2, 0.25) is 11.8 Å². The van der Waals surface area contributed by atoms with Crippen LogP contribution in [0.15, 0.2) is 28.2 Å². The first-order valence-corrected chi connectivity index (χ1v) is 7.17. The second-order valence-corrected chi connectivity index (χ2v) is 5.12. The molecule has 0 amide bonds. The van der Waals surface area contributed by atoms with Gasteiger partial charge in [-0.2, -0.15) is 0 Å². The van der Waals surface area contributed by atoms with E-state index in [0.29, 0.717) is 49.6 Å². The molecular formula is C15H19Cl2CoN3O4. The van der Waals surface area contributed by atoms with Crippen LogP contribution in [0.3, 0.4) is 0 Å². The predicted molar refractivity (Wildman–Crippen MR) is 80.5 cm³/mol. The summed E-state index contributed by atoms with van der Waals surface area (Å²) in [6.07, 6.45) is 0. The molecule has 1 aromatic heterocycles. The zero-order chi connectivity index (χ0) is 15.4. The molecule has 3 rings (SSSR count). The first-order chi connectivity index (χ1) is 10.8. The maximum absolute atomic E-state index is 5.59. The van der Waals surface area contributed by atoms with Crippen LogP contribution in [-0.2, 0) is 35.7 Å². The summed E-state index contributed by atoms with van der Waals surface area (Å²) in [5.41, 5.74) is 1.36. The summed E-state index contributed by atoms with van der Waals surface area (Å²) in [6.45, 7) is 2.11. The maximum Gasteiger partial charge on any atom is 2.00 e. The molecule has 3 heterocycles. The Hall–Kier alpha value is -0.904. The van der Waals surface area contributed by atoms with Crippen LogP contribution >= 0.6 is 0 Å². The maximum atomic E-state index is 5.59. The minimum Gasteiger partial charge on any atom is -1.00 e. The zero-order valence-electron chi connectivity index (χ0n) is 13.8. The van der Waals surface area contributed by atoms with Crippen molar-refractivity contribution in [2.45, 2.75) is 12.1 Å². The standard InChI is InChI=1S/C15H19N3O4.2ClH.Co/c1-19-6-10-8-21-14(16-10)12-4-3-5-13(18-12)15-17-11(7-20-2)9-22-15;;;/h3-5,10-11H,6-9H2,1-2H3;2*1H;/q;;;+2/p-2. The summed E-state index contributed by atoms with van der Waals surface area (Å²) in [5, 5.41) is 0. The van der Waals surface area contributed by atoms with Crippen molar-refractivity contribution in [1.82, 2.24) is 4.98 Å². The average Bonchev–Trinajstić information content (AvgIpc) is 3.18. The molecule has 2 aliphatic rings. The number of hydrogen-bond acceptors (Lipinski definition) is 7. The third-order valence-electron chi connectivity index (χ3n) is 3.33. The minimum absolute atomic E-state index is 0. The van der Waals surface area contributed by atoms with Gasteiger partial charge in [0.15, 0.2) is 0 Å². The van der Waals surface area contributed by atoms with Crippen molar-refractivity contribution in [2.24, 2.45) is 9.98 Å². The number of aromatic nitrogens is 1. The fourth-order valence-corrected chi connectivity index (χ4v) is 2.34. The van der Waals surface area contributed by atoms with Crippen LogP contribution in [-0.4, -0.2) is 69.5 Å². The zero-order valence-corrected chi connectivity index (χ0v) is 16.3. The van der Waals surface area contributed by atoms with Gasteiger partial charge in [-0.25, -0.2) is 15.0 Å². The molecule has 2 aliphatic heterocycles. The minimum atomic E-state index is 0. The Labute approximate surface area is 169 Å². The topological polar surface area (TPSA) is 74.5 Å². The molecule has 0 N–H and O–H groups in total. The summed E-state index contributed by atoms with van der Waals surface area (Å²) >= 11 is 0. The first kappa shape index (κ1) is 24.1. The van der Waals surface area contributed by atoms with Crippen molar-refractivity contribution >= 4 is 11.8 Å². The van der Waals surface area contributed by atoms with Crippen LogP contribution in [0.5, 0.6) is 0 Å². The predicted octanol–water partition coefficient (Wildman–Crippen LogP) is -5.33. The van der Waals surface area contributed by atoms with E-state index in [1.54, 1.807) is 14.2 Å². The van der Waals surface area contributed by atoms with Gasteiger partial charge < -0.3 is 43.8 Å². The Bertz CT molecular complexity index is 557. The molecule has 0 saturated heterocycles. The van der Waals surface area contributed by atoms with E-state index < -0.39 is 0 Å². The second kappa shape index (κ2) is 11.7. The summed E-state index contributed by atoms with van der Waals surface area (Å²) in [7, 11) is 3.30. The van der Waals surface area contributed by atoms with E-state index in [1.165, 1.54) is 0 Å². The molecule has 10 heteroatoms. The Kier molecular flexibility index (Phi) is 11.2. The number of hydrogen-bond donors (Lipinski definition) is 0. The number of aliphatic imine (C=N–C) groups is 2. The van der Waals surface area contributed by atoms with Gasteiger partial charge in [-0.05, 0) is 12.1 Å². The third-order valence-corrected chi connectivity index (χ3v) is 3.33. The Morgan fingerprint density at radius 3 is 1.76 bits per heavy atom. The van der Waals surface area contributed by atoms with Gasteiger partial charge in [0.25, 0.3) is 0 Å². The smallest absolute Gasteiger partial charge is 1.00 e. The molecule has 141 valence electrons. The molecule has 2 atom stereocenters. The first-order valence-electron chi connectivity index (χ1n) is 7.17. The van der Waals surface area contributed by atoms with Gasteiger partial charge in [-0.15, -0.1) is 0 Å². The number of ether oxygens (including phenoxy) is 4. The van der Waals surface area contributed by atoms with Crippen molar-refractivity contribution in [2.75, 3.05) is 40.6 Å². The second-order valence-electron chi connectivity index (χ2n) is 5.12. The van der Waals surface area contributed by atoms with Crippen LogP contribution in [0, 0.1) is 0 Å². The molecule has 0 bridgehead atoms. The van der Waals surface area contributed by atoms with E-state index in [1.807, 2.05) is 18.2 Å². The molecule has 7 nitrogen and oxygen atoms in total. The van der Waals surface area contributed by atoms with Gasteiger partial charge >= 0.3 is 16.8 Å². The Morgan fingerprint density at radius 1 is 0.920 bits per heavy atom. The fraction of sp³-hybridized carbons (Fsp3) is 0.533. The van der Waals surface area contributed by atoms with Crippen molar-refractivity contribution < 1.29 is 60.5 Å². The van der Waals surface area contributed by atoms with Gasteiger partial charge in [-0.1, -0.05) is 6.07 Å². The average molecular weight is 435 g/mol. The summed E-state index contributed by atoms with van der Waals surface area (Å²) in [4.78, 5) is 13.5. The Balaban J connectivity index is 0.00000192. The molecule has 0 fully saturated rings. The number of nitrogens with zero attached hydrogens (tertiary/aromatic N) is 3. The number of rotatable bonds is 6. The summed E-state index contributed by atoms with van der Waals surface area (Å²) in [5.74, 6) is 1.08. The van der Waals surface area contributed by atoms with Crippen LogP contribution in [0.25, 0.3) is 0 Å². The van der Waals surface area contributed by atoms with Crippen LogP contribution in [0.2, 0.25) is 0 Å². The number of pyridine rings is 1. The number of halogens is 2. The van der Waals surface area contributed by atoms with E-state index in [0.717, 1.165) is 0 Å². The van der Waals surface area contributed by atoms with E-state index in [9.17, 15) is 0 Å². The van der Waals surface area contributed by atoms with E-state index in [4.69, 9.17) is 18.9 Å². The molecule has 0 saturated carbocycles. The molecule has 0 spiro atoms. The SMILES string of the molecule is COCC1COC(c2cccc(C3=NC(COC)CO3)n2)=N1.[Cl-].[Cl-].[Co+2]. The molecule has 25 heavy (non-hydrogen) atoms. The number of methoxy groups -OCH3 is 2. The van der Waals surface area contributed by atoms with Crippen molar-refractivity contribution in [3.05, 3.63) is 29.6 Å². The van der Waals surface area contributed by atoms with E-state index >= 15 is 0 Å². The molecular weight excluding hydrogens is 416 g/mol. The largest absolute Gasteiger partial charge is 2.00 e. The fourth-order valence-electron chi connectivity index (χ4n) is 2.34. The molecule has 1 radical (unpaired) electrons. The monoisotopic (exact) mass is 434 g/mol. The van der Waals surface area contributed by atoms with Crippen molar-refractivity contribution in [1.29, 1.82) is 0 Å². The quantitative estimate of drug-likeness (QED) is 0.447. The van der Waals surface area contributed by atoms with Crippen LogP contribution < -0.4 is 24.8 Å². The van der Waals surface area contributed by atoms with Crippen molar-refractivity contribution in [3.63, 3.8) is 0 Å². The van der Waals surface area contributed by atoms with E-state index in [-0.39, 0.29) is 53.7 Å². The van der Waals surface area contributed by atoms with E-state index in [2.05, 4.69) is 15.0 Å². The molecule has 0 aliphatic carbocycles. The van der Waals surface area contributed by atoms with Gasteiger partial charge in [0.05, 0.1) is 13.2 Å². The van der Waals surface area contributed by atoms with Crippen molar-refractivity contribution in [3.8, 4) is 0 Å². The van der Waals surface area contributed by atoms with Gasteiger partial charge in [0.1, 0.15) is 36.7 Å². The van der Waals surface area contributed by atoms with Crippen LogP contribution in [0.4, 0.5) is 0 Å². The normalized spacial score (nSPS) is 20.9. The van der Waals surface area contributed by atoms with Gasteiger partial charge in [0, 0.05) is 14.2 Å². The van der Waals surface area contributed by atoms with Gasteiger partial charge in [-0.3, -0.25) is 0 Å². The van der Waals surface area contributed by atoms with Crippen LogP contribution in [0.1, 0.15) is 11.4 Å². The molecule has 1 aromatic rings.